The summed E-state index contributed by atoms with van der Waals surface area (Å²) in [4.78, 5) is 5.68. The van der Waals surface area contributed by atoms with Crippen molar-refractivity contribution in [1.29, 1.82) is 0 Å². The van der Waals surface area contributed by atoms with E-state index in [0.29, 0.717) is 19.0 Å². The van der Waals surface area contributed by atoms with Crippen LogP contribution in [0.4, 0.5) is 0 Å². The van der Waals surface area contributed by atoms with E-state index in [-0.39, 0.29) is 5.41 Å². The average Bonchev–Trinajstić information content (AvgIpc) is 3.20. The van der Waals surface area contributed by atoms with Crippen molar-refractivity contribution in [3.05, 3.63) is 52.2 Å². The maximum atomic E-state index is 10.7. The molecule has 2 rings (SSSR count). The number of rotatable bonds is 8. The number of aliphatic imine (C=N–C) groups is 1. The van der Waals surface area contributed by atoms with Crippen molar-refractivity contribution in [3.8, 4) is 5.75 Å². The molecule has 0 saturated carbocycles. The molecule has 27 heavy (non-hydrogen) atoms. The van der Waals surface area contributed by atoms with Crippen LogP contribution in [0.1, 0.15) is 38.1 Å². The van der Waals surface area contributed by atoms with Gasteiger partial charge in [0.1, 0.15) is 11.4 Å². The number of guanidine groups is 1. The Labute approximate surface area is 166 Å². The zero-order valence-corrected chi connectivity index (χ0v) is 17.7. The molecule has 0 aliphatic heterocycles. The van der Waals surface area contributed by atoms with Gasteiger partial charge in [0.15, 0.2) is 5.96 Å². The second kappa shape index (κ2) is 9.24. The Bertz CT molecular complexity index is 740. The molecule has 0 bridgehead atoms. The molecule has 1 atom stereocenters. The Balaban J connectivity index is 2.07. The van der Waals surface area contributed by atoms with Gasteiger partial charge in [0.05, 0.1) is 20.2 Å². The minimum atomic E-state index is -0.938. The lowest BCUT2D eigenvalue weighted by molar-refractivity contribution is 0.0655. The quantitative estimate of drug-likeness (QED) is 0.478. The fourth-order valence-corrected chi connectivity index (χ4v) is 3.47. The Morgan fingerprint density at radius 2 is 1.96 bits per heavy atom. The number of hydrogen-bond donors (Lipinski definition) is 3. The van der Waals surface area contributed by atoms with Gasteiger partial charge in [-0.15, -0.1) is 11.3 Å². The van der Waals surface area contributed by atoms with Gasteiger partial charge in [-0.1, -0.05) is 32.0 Å². The predicted molar refractivity (Wildman–Crippen MR) is 114 cm³/mol. The monoisotopic (exact) mass is 389 g/mol. The standard InChI is InChI=1S/C21H31N3O2S/c1-6-22-19(24-15-21(4,25)18-11-8-12-27-18)23-14-20(2,3)16-9-7-10-17(13-16)26-5/h7-13,25H,6,14-15H2,1-5H3,(H2,22,23,24). The largest absolute Gasteiger partial charge is 0.497 e. The molecule has 2 aromatic rings. The fraction of sp³-hybridized carbons (Fsp3) is 0.476. The first-order chi connectivity index (χ1) is 12.8. The third kappa shape index (κ3) is 5.97. The lowest BCUT2D eigenvalue weighted by Gasteiger charge is -2.26. The Kier molecular flexibility index (Phi) is 7.27. The number of ether oxygens (including phenoxy) is 1. The topological polar surface area (TPSA) is 65.9 Å². The summed E-state index contributed by atoms with van der Waals surface area (Å²) in [7, 11) is 1.68. The van der Waals surface area contributed by atoms with Crippen molar-refractivity contribution in [3.63, 3.8) is 0 Å². The first-order valence-electron chi connectivity index (χ1n) is 9.21. The van der Waals surface area contributed by atoms with Crippen LogP contribution in [0.15, 0.2) is 46.8 Å². The number of nitrogens with zero attached hydrogens (tertiary/aromatic N) is 1. The summed E-state index contributed by atoms with van der Waals surface area (Å²) in [5.74, 6) is 1.55. The van der Waals surface area contributed by atoms with Crippen LogP contribution in [-0.4, -0.2) is 37.8 Å². The first kappa shape index (κ1) is 21.3. The van der Waals surface area contributed by atoms with E-state index in [4.69, 9.17) is 9.73 Å². The minimum absolute atomic E-state index is 0.146. The Morgan fingerprint density at radius 3 is 2.59 bits per heavy atom. The first-order valence-corrected chi connectivity index (χ1v) is 10.1. The molecule has 5 nitrogen and oxygen atoms in total. The van der Waals surface area contributed by atoms with Crippen LogP contribution < -0.4 is 15.4 Å². The maximum Gasteiger partial charge on any atom is 0.191 e. The molecule has 1 aromatic carbocycles. The van der Waals surface area contributed by atoms with Crippen molar-refractivity contribution in [2.45, 2.75) is 38.7 Å². The smallest absolute Gasteiger partial charge is 0.191 e. The van der Waals surface area contributed by atoms with Crippen molar-refractivity contribution in [1.82, 2.24) is 10.6 Å². The molecule has 0 aliphatic carbocycles. The molecule has 6 heteroatoms. The van der Waals surface area contributed by atoms with E-state index in [2.05, 4.69) is 36.6 Å². The van der Waals surface area contributed by atoms with Gasteiger partial charge in [-0.3, -0.25) is 4.99 Å². The number of aliphatic hydroxyl groups is 1. The zero-order chi connectivity index (χ0) is 19.9. The van der Waals surface area contributed by atoms with Crippen molar-refractivity contribution in [2.75, 3.05) is 26.7 Å². The zero-order valence-electron chi connectivity index (χ0n) is 16.9. The average molecular weight is 390 g/mol. The van der Waals surface area contributed by atoms with Gasteiger partial charge < -0.3 is 20.5 Å². The predicted octanol–water partition coefficient (Wildman–Crippen LogP) is 3.50. The molecule has 0 amide bonds. The molecule has 1 aromatic heterocycles. The second-order valence-electron chi connectivity index (χ2n) is 7.42. The number of nitrogens with one attached hydrogen (secondary N) is 2. The van der Waals surface area contributed by atoms with E-state index in [1.807, 2.05) is 43.5 Å². The highest BCUT2D eigenvalue weighted by molar-refractivity contribution is 7.10. The van der Waals surface area contributed by atoms with E-state index in [1.165, 1.54) is 5.56 Å². The van der Waals surface area contributed by atoms with Crippen LogP contribution in [0, 0.1) is 0 Å². The van der Waals surface area contributed by atoms with Crippen molar-refractivity contribution in [2.24, 2.45) is 4.99 Å². The molecule has 1 unspecified atom stereocenters. The minimum Gasteiger partial charge on any atom is -0.497 e. The Hall–Kier alpha value is -2.05. The van der Waals surface area contributed by atoms with Crippen LogP contribution in [0.25, 0.3) is 0 Å². The van der Waals surface area contributed by atoms with E-state index in [0.717, 1.165) is 17.2 Å². The molecule has 1 heterocycles. The summed E-state index contributed by atoms with van der Waals surface area (Å²) < 4.78 is 5.34. The molecular formula is C21H31N3O2S. The van der Waals surface area contributed by atoms with E-state index in [1.54, 1.807) is 18.4 Å². The molecule has 0 radical (unpaired) electrons. The lowest BCUT2D eigenvalue weighted by Crippen LogP contribution is -2.44. The van der Waals surface area contributed by atoms with Gasteiger partial charge >= 0.3 is 0 Å². The van der Waals surface area contributed by atoms with E-state index < -0.39 is 5.60 Å². The second-order valence-corrected chi connectivity index (χ2v) is 8.36. The molecule has 148 valence electrons. The molecular weight excluding hydrogens is 358 g/mol. The number of hydrogen-bond acceptors (Lipinski definition) is 4. The van der Waals surface area contributed by atoms with Crippen LogP contribution >= 0.6 is 11.3 Å². The SMILES string of the molecule is CCNC(=NCC(C)(C)c1cccc(OC)c1)NCC(C)(O)c1cccs1. The van der Waals surface area contributed by atoms with Gasteiger partial charge in [-0.25, -0.2) is 0 Å². The summed E-state index contributed by atoms with van der Waals surface area (Å²) >= 11 is 1.55. The van der Waals surface area contributed by atoms with Crippen LogP contribution in [0.3, 0.4) is 0 Å². The summed E-state index contributed by atoms with van der Waals surface area (Å²) in [6, 6.07) is 12.0. The third-order valence-corrected chi connectivity index (χ3v) is 5.60. The normalized spacial score (nSPS) is 14.5. The van der Waals surface area contributed by atoms with Crippen LogP contribution in [0.5, 0.6) is 5.75 Å². The fourth-order valence-electron chi connectivity index (χ4n) is 2.68. The molecule has 3 N–H and O–H groups in total. The van der Waals surface area contributed by atoms with Gasteiger partial charge in [0.25, 0.3) is 0 Å². The number of methoxy groups -OCH3 is 1. The third-order valence-electron chi connectivity index (χ3n) is 4.48. The summed E-state index contributed by atoms with van der Waals surface area (Å²) in [6.07, 6.45) is 0. The van der Waals surface area contributed by atoms with Crippen LogP contribution in [-0.2, 0) is 11.0 Å². The maximum absolute atomic E-state index is 10.7. The highest BCUT2D eigenvalue weighted by Gasteiger charge is 2.25. The number of benzene rings is 1. The highest BCUT2D eigenvalue weighted by Crippen LogP contribution is 2.27. The lowest BCUT2D eigenvalue weighted by atomic mass is 9.85. The molecule has 0 fully saturated rings. The molecule has 0 spiro atoms. The molecule has 0 aliphatic rings. The van der Waals surface area contributed by atoms with Crippen molar-refractivity contribution < 1.29 is 9.84 Å². The molecule has 0 saturated heterocycles. The van der Waals surface area contributed by atoms with Crippen LogP contribution in [0.2, 0.25) is 0 Å². The summed E-state index contributed by atoms with van der Waals surface area (Å²) in [6.45, 7) is 9.92. The van der Waals surface area contributed by atoms with E-state index >= 15 is 0 Å². The highest BCUT2D eigenvalue weighted by atomic mass is 32.1. The van der Waals surface area contributed by atoms with Gasteiger partial charge in [-0.05, 0) is 43.0 Å². The summed E-state index contributed by atoms with van der Waals surface area (Å²) in [5.41, 5.74) is 0.0897. The number of thiophene rings is 1. The van der Waals surface area contributed by atoms with Gasteiger partial charge in [-0.2, -0.15) is 0 Å². The van der Waals surface area contributed by atoms with E-state index in [9.17, 15) is 5.11 Å². The van der Waals surface area contributed by atoms with Gasteiger partial charge in [0.2, 0.25) is 0 Å². The Morgan fingerprint density at radius 1 is 1.19 bits per heavy atom. The van der Waals surface area contributed by atoms with Crippen molar-refractivity contribution >= 4 is 17.3 Å². The van der Waals surface area contributed by atoms with Gasteiger partial charge in [0, 0.05) is 16.8 Å². The summed E-state index contributed by atoms with van der Waals surface area (Å²) in [5, 5.41) is 19.2.